The zero-order valence-electron chi connectivity index (χ0n) is 14.9. The number of hydrogen-bond donors (Lipinski definition) is 1. The van der Waals surface area contributed by atoms with Crippen LogP contribution in [0.15, 0.2) is 48.5 Å². The van der Waals surface area contributed by atoms with Gasteiger partial charge in [-0.3, -0.25) is 9.59 Å². The number of carbonyl (C=O) groups excluding carboxylic acids is 2. The predicted molar refractivity (Wildman–Crippen MR) is 105 cm³/mol. The molecular weight excluding hydrogens is 350 g/mol. The Morgan fingerprint density at radius 3 is 2.27 bits per heavy atom. The number of nitrogen functional groups attached to an aromatic ring is 1. The Kier molecular flexibility index (Phi) is 6.64. The summed E-state index contributed by atoms with van der Waals surface area (Å²) in [5.41, 5.74) is 9.12. The standard InChI is InChI=1S/C20H23N3O2.ClH/c1-15-5-2-3-6-16(15)14-19(24)22-9-11-23(12-10-22)20(25)17-7-4-8-18(21)13-17;/h2-8,13H,9-12,14,21H2,1H3;1H. The van der Waals surface area contributed by atoms with Gasteiger partial charge in [-0.25, -0.2) is 0 Å². The van der Waals surface area contributed by atoms with E-state index in [1.807, 2.05) is 36.1 Å². The maximum atomic E-state index is 12.5. The first-order valence-electron chi connectivity index (χ1n) is 8.51. The molecule has 26 heavy (non-hydrogen) atoms. The minimum absolute atomic E-state index is 0. The summed E-state index contributed by atoms with van der Waals surface area (Å²) < 4.78 is 0. The van der Waals surface area contributed by atoms with Crippen LogP contribution in [0.25, 0.3) is 0 Å². The molecule has 6 heteroatoms. The van der Waals surface area contributed by atoms with Crippen molar-refractivity contribution in [2.45, 2.75) is 13.3 Å². The van der Waals surface area contributed by atoms with Crippen LogP contribution in [0.5, 0.6) is 0 Å². The molecule has 2 aromatic carbocycles. The first-order valence-corrected chi connectivity index (χ1v) is 8.51. The van der Waals surface area contributed by atoms with Crippen LogP contribution in [-0.4, -0.2) is 47.8 Å². The Hall–Kier alpha value is -2.53. The summed E-state index contributed by atoms with van der Waals surface area (Å²) in [7, 11) is 0. The van der Waals surface area contributed by atoms with E-state index in [1.54, 1.807) is 29.2 Å². The van der Waals surface area contributed by atoms with E-state index in [0.29, 0.717) is 43.9 Å². The number of anilines is 1. The van der Waals surface area contributed by atoms with Gasteiger partial charge in [-0.05, 0) is 36.2 Å². The zero-order valence-corrected chi connectivity index (χ0v) is 15.7. The van der Waals surface area contributed by atoms with E-state index in [-0.39, 0.29) is 24.2 Å². The van der Waals surface area contributed by atoms with Gasteiger partial charge in [0.15, 0.2) is 0 Å². The third kappa shape index (κ3) is 4.55. The van der Waals surface area contributed by atoms with Crippen LogP contribution in [0.4, 0.5) is 5.69 Å². The van der Waals surface area contributed by atoms with Gasteiger partial charge in [-0.15, -0.1) is 12.4 Å². The van der Waals surface area contributed by atoms with E-state index in [4.69, 9.17) is 5.73 Å². The highest BCUT2D eigenvalue weighted by Gasteiger charge is 2.25. The Morgan fingerprint density at radius 2 is 1.62 bits per heavy atom. The van der Waals surface area contributed by atoms with Crippen LogP contribution in [0.2, 0.25) is 0 Å². The van der Waals surface area contributed by atoms with Gasteiger partial charge in [0.25, 0.3) is 5.91 Å². The molecule has 1 saturated heterocycles. The smallest absolute Gasteiger partial charge is 0.254 e. The third-order valence-electron chi connectivity index (χ3n) is 4.66. The highest BCUT2D eigenvalue weighted by Crippen LogP contribution is 2.14. The molecule has 0 spiro atoms. The van der Waals surface area contributed by atoms with Crippen molar-refractivity contribution < 1.29 is 9.59 Å². The summed E-state index contributed by atoms with van der Waals surface area (Å²) >= 11 is 0. The number of benzene rings is 2. The number of halogens is 1. The Balaban J connectivity index is 0.00000243. The molecule has 1 aliphatic rings. The lowest BCUT2D eigenvalue weighted by atomic mass is 10.1. The Labute approximate surface area is 160 Å². The molecule has 5 nitrogen and oxygen atoms in total. The quantitative estimate of drug-likeness (QED) is 0.841. The molecule has 1 fully saturated rings. The number of aryl methyl sites for hydroxylation is 1. The molecule has 0 aromatic heterocycles. The molecule has 138 valence electrons. The lowest BCUT2D eigenvalue weighted by molar-refractivity contribution is -0.131. The Morgan fingerprint density at radius 1 is 0.962 bits per heavy atom. The van der Waals surface area contributed by atoms with E-state index in [9.17, 15) is 9.59 Å². The highest BCUT2D eigenvalue weighted by molar-refractivity contribution is 5.95. The van der Waals surface area contributed by atoms with Crippen LogP contribution < -0.4 is 5.73 Å². The SMILES string of the molecule is Cc1ccccc1CC(=O)N1CCN(C(=O)c2cccc(N)c2)CC1.Cl. The molecular formula is C20H24ClN3O2. The first-order chi connectivity index (χ1) is 12.0. The van der Waals surface area contributed by atoms with E-state index >= 15 is 0 Å². The van der Waals surface area contributed by atoms with Crippen LogP contribution in [-0.2, 0) is 11.2 Å². The van der Waals surface area contributed by atoms with Crippen molar-refractivity contribution in [3.63, 3.8) is 0 Å². The summed E-state index contributed by atoms with van der Waals surface area (Å²) in [6.07, 6.45) is 0.413. The van der Waals surface area contributed by atoms with Crippen molar-refractivity contribution >= 4 is 29.9 Å². The number of carbonyl (C=O) groups is 2. The topological polar surface area (TPSA) is 66.6 Å². The van der Waals surface area contributed by atoms with E-state index < -0.39 is 0 Å². The molecule has 3 rings (SSSR count). The van der Waals surface area contributed by atoms with Gasteiger partial charge in [-0.1, -0.05) is 30.3 Å². The second-order valence-electron chi connectivity index (χ2n) is 6.40. The van der Waals surface area contributed by atoms with E-state index in [0.717, 1.165) is 11.1 Å². The minimum atomic E-state index is -0.0293. The second kappa shape index (κ2) is 8.72. The number of nitrogens with two attached hydrogens (primary N) is 1. The molecule has 0 unspecified atom stereocenters. The molecule has 0 saturated carbocycles. The van der Waals surface area contributed by atoms with Crippen LogP contribution in [0.3, 0.4) is 0 Å². The lowest BCUT2D eigenvalue weighted by Gasteiger charge is -2.35. The largest absolute Gasteiger partial charge is 0.399 e. The lowest BCUT2D eigenvalue weighted by Crippen LogP contribution is -2.51. The van der Waals surface area contributed by atoms with Crippen molar-refractivity contribution in [1.82, 2.24) is 9.80 Å². The second-order valence-corrected chi connectivity index (χ2v) is 6.40. The fourth-order valence-electron chi connectivity index (χ4n) is 3.10. The van der Waals surface area contributed by atoms with Gasteiger partial charge in [0.1, 0.15) is 0 Å². The maximum absolute atomic E-state index is 12.5. The monoisotopic (exact) mass is 373 g/mol. The molecule has 0 bridgehead atoms. The molecule has 2 N–H and O–H groups in total. The highest BCUT2D eigenvalue weighted by atomic mass is 35.5. The van der Waals surface area contributed by atoms with Crippen LogP contribution in [0, 0.1) is 6.92 Å². The summed E-state index contributed by atoms with van der Waals surface area (Å²) in [5, 5.41) is 0. The van der Waals surface area contributed by atoms with Gasteiger partial charge in [0, 0.05) is 37.4 Å². The fraction of sp³-hybridized carbons (Fsp3) is 0.300. The van der Waals surface area contributed by atoms with Crippen molar-refractivity contribution in [2.24, 2.45) is 0 Å². The van der Waals surface area contributed by atoms with Crippen molar-refractivity contribution in [3.05, 3.63) is 65.2 Å². The molecule has 1 heterocycles. The molecule has 2 amide bonds. The Bertz CT molecular complexity index is 786. The van der Waals surface area contributed by atoms with Crippen molar-refractivity contribution in [2.75, 3.05) is 31.9 Å². The summed E-state index contributed by atoms with van der Waals surface area (Å²) in [6.45, 7) is 4.25. The van der Waals surface area contributed by atoms with Crippen molar-refractivity contribution in [1.29, 1.82) is 0 Å². The molecule has 2 aromatic rings. The van der Waals surface area contributed by atoms with Gasteiger partial charge >= 0.3 is 0 Å². The number of hydrogen-bond acceptors (Lipinski definition) is 3. The molecule has 0 aliphatic carbocycles. The third-order valence-corrected chi connectivity index (χ3v) is 4.66. The number of nitrogens with zero attached hydrogens (tertiary/aromatic N) is 2. The number of piperazine rings is 1. The van der Waals surface area contributed by atoms with Crippen LogP contribution >= 0.6 is 12.4 Å². The fourth-order valence-corrected chi connectivity index (χ4v) is 3.10. The van der Waals surface area contributed by atoms with Gasteiger partial charge in [0.2, 0.25) is 5.91 Å². The zero-order chi connectivity index (χ0) is 17.8. The minimum Gasteiger partial charge on any atom is -0.399 e. The van der Waals surface area contributed by atoms with Gasteiger partial charge in [-0.2, -0.15) is 0 Å². The number of amides is 2. The predicted octanol–water partition coefficient (Wildman–Crippen LogP) is 2.53. The van der Waals surface area contributed by atoms with Gasteiger partial charge in [0.05, 0.1) is 6.42 Å². The average molecular weight is 374 g/mol. The summed E-state index contributed by atoms with van der Waals surface area (Å²) in [5.74, 6) is 0.0867. The van der Waals surface area contributed by atoms with E-state index in [1.165, 1.54) is 0 Å². The number of rotatable bonds is 3. The molecule has 0 radical (unpaired) electrons. The average Bonchev–Trinajstić information content (AvgIpc) is 2.63. The molecule has 1 aliphatic heterocycles. The van der Waals surface area contributed by atoms with E-state index in [2.05, 4.69) is 0 Å². The van der Waals surface area contributed by atoms with Crippen molar-refractivity contribution in [3.8, 4) is 0 Å². The normalized spacial score (nSPS) is 13.9. The summed E-state index contributed by atoms with van der Waals surface area (Å²) in [4.78, 5) is 28.7. The van der Waals surface area contributed by atoms with Crippen LogP contribution in [0.1, 0.15) is 21.5 Å². The summed E-state index contributed by atoms with van der Waals surface area (Å²) in [6, 6.07) is 15.0. The maximum Gasteiger partial charge on any atom is 0.254 e. The molecule has 0 atom stereocenters. The van der Waals surface area contributed by atoms with Gasteiger partial charge < -0.3 is 15.5 Å². The first kappa shape index (κ1) is 19.8.